The topological polar surface area (TPSA) is 82.8 Å². The lowest BCUT2D eigenvalue weighted by molar-refractivity contribution is 0.00862. The summed E-state index contributed by atoms with van der Waals surface area (Å²) in [6.07, 6.45) is 1.66. The molecule has 2 saturated heterocycles. The fourth-order valence-electron chi connectivity index (χ4n) is 4.61. The van der Waals surface area contributed by atoms with Gasteiger partial charge in [0.2, 0.25) is 5.89 Å². The highest BCUT2D eigenvalue weighted by Gasteiger charge is 2.37. The number of rotatable bonds is 4. The lowest BCUT2D eigenvalue weighted by Gasteiger charge is -2.48. The first-order valence-electron chi connectivity index (χ1n) is 11.4. The van der Waals surface area contributed by atoms with Crippen molar-refractivity contribution in [3.63, 3.8) is 0 Å². The van der Waals surface area contributed by atoms with Crippen LogP contribution in [0.4, 0.5) is 0 Å². The van der Waals surface area contributed by atoms with Crippen LogP contribution in [0, 0.1) is 0 Å². The number of benzene rings is 2. The molecule has 8 nitrogen and oxygen atoms in total. The third kappa shape index (κ3) is 4.20. The van der Waals surface area contributed by atoms with E-state index in [2.05, 4.69) is 14.9 Å². The van der Waals surface area contributed by atoms with Crippen LogP contribution in [0.5, 0.6) is 0 Å². The van der Waals surface area contributed by atoms with E-state index in [4.69, 9.17) is 16.0 Å². The van der Waals surface area contributed by atoms with E-state index >= 15 is 0 Å². The van der Waals surface area contributed by atoms with Gasteiger partial charge in [0.15, 0.2) is 10.6 Å². The lowest BCUT2D eigenvalue weighted by atomic mass is 10.0. The first-order chi connectivity index (χ1) is 17.1. The average Bonchev–Trinajstić information content (AvgIpc) is 3.54. The van der Waals surface area contributed by atoms with Gasteiger partial charge in [-0.2, -0.15) is 0 Å². The smallest absolute Gasteiger partial charge is 0.282 e. The Hall–Kier alpha value is -3.27. The first-order valence-corrected chi connectivity index (χ1v) is 12.7. The Morgan fingerprint density at radius 2 is 1.74 bits per heavy atom. The number of likely N-dealkylation sites (tertiary alicyclic amines) is 1. The lowest BCUT2D eigenvalue weighted by Crippen LogP contribution is -2.64. The molecule has 0 radical (unpaired) electrons. The Kier molecular flexibility index (Phi) is 5.75. The number of hydrogen-bond acceptors (Lipinski definition) is 7. The van der Waals surface area contributed by atoms with Crippen LogP contribution in [0.1, 0.15) is 20.2 Å². The zero-order chi connectivity index (χ0) is 23.9. The summed E-state index contributed by atoms with van der Waals surface area (Å²) < 4.78 is 5.92. The fourth-order valence-corrected chi connectivity index (χ4v) is 5.34. The van der Waals surface area contributed by atoms with E-state index in [1.54, 1.807) is 24.4 Å². The summed E-state index contributed by atoms with van der Waals surface area (Å²) in [6.45, 7) is 4.28. The molecule has 2 aromatic carbocycles. The molecule has 0 unspecified atom stereocenters. The predicted molar refractivity (Wildman–Crippen MR) is 134 cm³/mol. The standard InChI is InChI=1S/C25H22ClN5O3S/c26-17-6-4-16(5-7-17)22-28-21-19(2-1-3-20(21)34-22)24(32)31-14-18(15-31)29-9-11-30(12-10-29)25(33)23-27-8-13-35-23/h1-8,13,18H,9-12,14-15H2. The van der Waals surface area contributed by atoms with Crippen LogP contribution in [0.3, 0.4) is 0 Å². The van der Waals surface area contributed by atoms with Gasteiger partial charge in [0, 0.05) is 67.5 Å². The van der Waals surface area contributed by atoms with Crippen molar-refractivity contribution < 1.29 is 14.0 Å². The van der Waals surface area contributed by atoms with Crippen LogP contribution < -0.4 is 0 Å². The summed E-state index contributed by atoms with van der Waals surface area (Å²) in [5, 5.41) is 3.00. The molecule has 0 atom stereocenters. The second-order valence-corrected chi connectivity index (χ2v) is 10.0. The molecule has 0 N–H and O–H groups in total. The molecule has 10 heteroatoms. The monoisotopic (exact) mass is 507 g/mol. The number of thiazole rings is 1. The number of aromatic nitrogens is 2. The molecule has 0 saturated carbocycles. The van der Waals surface area contributed by atoms with E-state index in [0.29, 0.717) is 64.8 Å². The Balaban J connectivity index is 1.10. The molecule has 2 aliphatic rings. The summed E-state index contributed by atoms with van der Waals surface area (Å²) in [5.41, 5.74) is 2.50. The van der Waals surface area contributed by atoms with E-state index in [0.717, 1.165) is 18.7 Å². The quantitative estimate of drug-likeness (QED) is 0.417. The number of para-hydroxylation sites is 1. The van der Waals surface area contributed by atoms with E-state index < -0.39 is 0 Å². The van der Waals surface area contributed by atoms with Crippen molar-refractivity contribution in [3.05, 3.63) is 69.6 Å². The minimum absolute atomic E-state index is 0.00346. The second-order valence-electron chi connectivity index (χ2n) is 8.71. The summed E-state index contributed by atoms with van der Waals surface area (Å²) in [5.74, 6) is 0.424. The number of nitrogens with zero attached hydrogens (tertiary/aromatic N) is 5. The molecule has 0 bridgehead atoms. The third-order valence-electron chi connectivity index (χ3n) is 6.62. The minimum Gasteiger partial charge on any atom is -0.436 e. The van der Waals surface area contributed by atoms with Gasteiger partial charge in [0.05, 0.1) is 5.56 Å². The van der Waals surface area contributed by atoms with E-state index in [1.807, 2.05) is 39.4 Å². The van der Waals surface area contributed by atoms with Crippen molar-refractivity contribution >= 4 is 45.9 Å². The Bertz CT molecular complexity index is 1370. The number of halogens is 1. The SMILES string of the molecule is O=C(c1nccs1)N1CCN(C2CN(C(=O)c3cccc4oc(-c5ccc(Cl)cc5)nc34)C2)CC1. The van der Waals surface area contributed by atoms with Crippen LogP contribution in [0.25, 0.3) is 22.6 Å². The maximum atomic E-state index is 13.3. The molecule has 4 heterocycles. The zero-order valence-corrected chi connectivity index (χ0v) is 20.3. The Labute approximate surface area is 210 Å². The molecule has 6 rings (SSSR count). The number of fused-ring (bicyclic) bond motifs is 1. The summed E-state index contributed by atoms with van der Waals surface area (Å²) >= 11 is 7.36. The van der Waals surface area contributed by atoms with E-state index in [-0.39, 0.29) is 11.8 Å². The maximum Gasteiger partial charge on any atom is 0.282 e. The second kappa shape index (κ2) is 9.07. The highest BCUT2D eigenvalue weighted by atomic mass is 35.5. The molecule has 2 amide bonds. The molecular formula is C25H22ClN5O3S. The number of oxazole rings is 1. The number of carbonyl (C=O) groups excluding carboxylic acids is 2. The van der Waals surface area contributed by atoms with Gasteiger partial charge in [-0.05, 0) is 36.4 Å². The zero-order valence-electron chi connectivity index (χ0n) is 18.8. The van der Waals surface area contributed by atoms with Crippen LogP contribution in [-0.2, 0) is 0 Å². The Morgan fingerprint density at radius 1 is 0.971 bits per heavy atom. The van der Waals surface area contributed by atoms with Crippen LogP contribution in [0.2, 0.25) is 5.02 Å². The fraction of sp³-hybridized carbons (Fsp3) is 0.280. The van der Waals surface area contributed by atoms with Crippen molar-refractivity contribution in [1.29, 1.82) is 0 Å². The Morgan fingerprint density at radius 3 is 2.46 bits per heavy atom. The highest BCUT2D eigenvalue weighted by molar-refractivity contribution is 7.11. The number of hydrogen-bond donors (Lipinski definition) is 0. The molecule has 0 aliphatic carbocycles. The van der Waals surface area contributed by atoms with E-state index in [1.165, 1.54) is 11.3 Å². The van der Waals surface area contributed by atoms with Crippen molar-refractivity contribution in [2.24, 2.45) is 0 Å². The third-order valence-corrected chi connectivity index (χ3v) is 7.64. The van der Waals surface area contributed by atoms with Crippen molar-refractivity contribution in [1.82, 2.24) is 24.7 Å². The average molecular weight is 508 g/mol. The van der Waals surface area contributed by atoms with Gasteiger partial charge in [0.1, 0.15) is 5.52 Å². The van der Waals surface area contributed by atoms with Crippen molar-refractivity contribution in [2.75, 3.05) is 39.3 Å². The maximum absolute atomic E-state index is 13.3. The normalized spacial score (nSPS) is 17.1. The van der Waals surface area contributed by atoms with Crippen LogP contribution >= 0.6 is 22.9 Å². The van der Waals surface area contributed by atoms with Gasteiger partial charge < -0.3 is 14.2 Å². The van der Waals surface area contributed by atoms with Crippen LogP contribution in [0.15, 0.2) is 58.5 Å². The molecule has 178 valence electrons. The molecular weight excluding hydrogens is 486 g/mol. The molecule has 35 heavy (non-hydrogen) atoms. The van der Waals surface area contributed by atoms with Crippen LogP contribution in [-0.4, -0.2) is 81.8 Å². The summed E-state index contributed by atoms with van der Waals surface area (Å²) in [7, 11) is 0. The largest absolute Gasteiger partial charge is 0.436 e. The van der Waals surface area contributed by atoms with E-state index in [9.17, 15) is 9.59 Å². The van der Waals surface area contributed by atoms with Gasteiger partial charge >= 0.3 is 0 Å². The van der Waals surface area contributed by atoms with Crippen molar-refractivity contribution in [3.8, 4) is 11.5 Å². The van der Waals surface area contributed by atoms with Gasteiger partial charge in [-0.1, -0.05) is 17.7 Å². The van der Waals surface area contributed by atoms with Gasteiger partial charge in [-0.25, -0.2) is 9.97 Å². The molecule has 2 aromatic heterocycles. The van der Waals surface area contributed by atoms with Gasteiger partial charge in [-0.3, -0.25) is 14.5 Å². The number of amides is 2. The minimum atomic E-state index is -0.0413. The molecule has 2 fully saturated rings. The highest BCUT2D eigenvalue weighted by Crippen LogP contribution is 2.29. The van der Waals surface area contributed by atoms with Gasteiger partial charge in [-0.15, -0.1) is 11.3 Å². The number of piperazine rings is 1. The molecule has 0 spiro atoms. The number of carbonyl (C=O) groups is 2. The van der Waals surface area contributed by atoms with Crippen molar-refractivity contribution in [2.45, 2.75) is 6.04 Å². The molecule has 4 aromatic rings. The molecule has 2 aliphatic heterocycles. The predicted octanol–water partition coefficient (Wildman–Crippen LogP) is 3.89. The van der Waals surface area contributed by atoms with Gasteiger partial charge in [0.25, 0.3) is 11.8 Å². The summed E-state index contributed by atoms with van der Waals surface area (Å²) in [6, 6.07) is 13.0. The summed E-state index contributed by atoms with van der Waals surface area (Å²) in [4.78, 5) is 40.6. The first kappa shape index (κ1) is 22.2.